The standard InChI is InChI=1S/C17H24N6/c1-2-4-16(5-3-1)23-17(19-20-21-23)22-12-8-15(9-13-22)14-6-10-18-11-7-14/h1-5,14-15,18H,6-13H2. The molecule has 4 rings (SSSR count). The zero-order chi connectivity index (χ0) is 15.5. The Bertz CT molecular complexity index is 611. The second-order valence-corrected chi connectivity index (χ2v) is 6.64. The average Bonchev–Trinajstić information content (AvgIpc) is 3.13. The van der Waals surface area contributed by atoms with Gasteiger partial charge in [0.05, 0.1) is 5.69 Å². The van der Waals surface area contributed by atoms with Crippen molar-refractivity contribution < 1.29 is 0 Å². The third-order valence-electron chi connectivity index (χ3n) is 5.33. The van der Waals surface area contributed by atoms with Crippen LogP contribution in [-0.4, -0.2) is 46.4 Å². The first kappa shape index (κ1) is 14.6. The Labute approximate surface area is 136 Å². The van der Waals surface area contributed by atoms with Crippen LogP contribution in [0.25, 0.3) is 5.69 Å². The third kappa shape index (κ3) is 3.08. The molecule has 122 valence electrons. The van der Waals surface area contributed by atoms with E-state index in [2.05, 4.69) is 25.7 Å². The van der Waals surface area contributed by atoms with Crippen molar-refractivity contribution >= 4 is 5.95 Å². The molecule has 2 saturated heterocycles. The monoisotopic (exact) mass is 312 g/mol. The van der Waals surface area contributed by atoms with Gasteiger partial charge in [-0.15, -0.1) is 0 Å². The molecule has 0 saturated carbocycles. The largest absolute Gasteiger partial charge is 0.339 e. The van der Waals surface area contributed by atoms with Crippen LogP contribution in [0.5, 0.6) is 0 Å². The zero-order valence-corrected chi connectivity index (χ0v) is 13.4. The van der Waals surface area contributed by atoms with Crippen LogP contribution in [0, 0.1) is 11.8 Å². The van der Waals surface area contributed by atoms with Crippen LogP contribution in [0.4, 0.5) is 5.95 Å². The summed E-state index contributed by atoms with van der Waals surface area (Å²) in [6.45, 7) is 4.50. The number of hydrogen-bond acceptors (Lipinski definition) is 5. The number of nitrogens with zero attached hydrogens (tertiary/aromatic N) is 5. The lowest BCUT2D eigenvalue weighted by molar-refractivity contribution is 0.221. The molecule has 3 heterocycles. The summed E-state index contributed by atoms with van der Waals surface area (Å²) in [4.78, 5) is 2.34. The van der Waals surface area contributed by atoms with Crippen molar-refractivity contribution in [3.63, 3.8) is 0 Å². The molecule has 0 radical (unpaired) electrons. The van der Waals surface area contributed by atoms with Crippen LogP contribution in [0.15, 0.2) is 30.3 Å². The molecule has 2 aliphatic heterocycles. The maximum absolute atomic E-state index is 4.27. The molecule has 1 N–H and O–H groups in total. The van der Waals surface area contributed by atoms with Gasteiger partial charge in [-0.25, -0.2) is 0 Å². The van der Waals surface area contributed by atoms with Gasteiger partial charge in [0.15, 0.2) is 0 Å². The first-order valence-corrected chi connectivity index (χ1v) is 8.71. The number of nitrogens with one attached hydrogen (secondary N) is 1. The van der Waals surface area contributed by atoms with E-state index in [1.807, 2.05) is 35.0 Å². The normalized spacial score (nSPS) is 20.8. The highest BCUT2D eigenvalue weighted by Gasteiger charge is 2.29. The highest BCUT2D eigenvalue weighted by atomic mass is 15.6. The smallest absolute Gasteiger partial charge is 0.250 e. The Morgan fingerprint density at radius 2 is 1.61 bits per heavy atom. The molecule has 0 atom stereocenters. The molecule has 0 bridgehead atoms. The van der Waals surface area contributed by atoms with Crippen molar-refractivity contribution in [3.8, 4) is 5.69 Å². The predicted octanol–water partition coefficient (Wildman–Crippen LogP) is 1.88. The zero-order valence-electron chi connectivity index (χ0n) is 13.4. The summed E-state index contributed by atoms with van der Waals surface area (Å²) in [6, 6.07) is 10.1. The van der Waals surface area contributed by atoms with Crippen molar-refractivity contribution in [1.29, 1.82) is 0 Å². The Kier molecular flexibility index (Phi) is 4.24. The van der Waals surface area contributed by atoms with Gasteiger partial charge in [-0.2, -0.15) is 4.68 Å². The molecule has 0 unspecified atom stereocenters. The fourth-order valence-corrected chi connectivity index (χ4v) is 4.00. The van der Waals surface area contributed by atoms with Crippen molar-refractivity contribution in [2.75, 3.05) is 31.1 Å². The lowest BCUT2D eigenvalue weighted by atomic mass is 9.79. The average molecular weight is 312 g/mol. The number of tetrazole rings is 1. The van der Waals surface area contributed by atoms with Crippen molar-refractivity contribution in [3.05, 3.63) is 30.3 Å². The summed E-state index contributed by atoms with van der Waals surface area (Å²) in [5, 5.41) is 15.8. The van der Waals surface area contributed by atoms with E-state index < -0.39 is 0 Å². The summed E-state index contributed by atoms with van der Waals surface area (Å²) < 4.78 is 1.85. The Hall–Kier alpha value is -1.95. The first-order chi connectivity index (χ1) is 11.4. The molecule has 1 aromatic heterocycles. The van der Waals surface area contributed by atoms with Gasteiger partial charge in [0.2, 0.25) is 5.95 Å². The lowest BCUT2D eigenvalue weighted by Crippen LogP contribution is -2.40. The maximum Gasteiger partial charge on any atom is 0.250 e. The molecule has 2 aromatic rings. The topological polar surface area (TPSA) is 58.9 Å². The van der Waals surface area contributed by atoms with Gasteiger partial charge in [0.25, 0.3) is 0 Å². The molecule has 6 nitrogen and oxygen atoms in total. The van der Waals surface area contributed by atoms with E-state index in [0.29, 0.717) is 0 Å². The minimum Gasteiger partial charge on any atom is -0.339 e. The van der Waals surface area contributed by atoms with Crippen LogP contribution in [0.1, 0.15) is 25.7 Å². The predicted molar refractivity (Wildman–Crippen MR) is 89.7 cm³/mol. The van der Waals surface area contributed by atoms with Gasteiger partial charge >= 0.3 is 0 Å². The summed E-state index contributed by atoms with van der Waals surface area (Å²) in [5.41, 5.74) is 1.02. The van der Waals surface area contributed by atoms with E-state index in [-0.39, 0.29) is 0 Å². The van der Waals surface area contributed by atoms with Gasteiger partial charge in [0.1, 0.15) is 0 Å². The minimum atomic E-state index is 0.870. The highest BCUT2D eigenvalue weighted by molar-refractivity contribution is 5.40. The van der Waals surface area contributed by atoms with Gasteiger partial charge in [-0.1, -0.05) is 23.3 Å². The number of rotatable bonds is 3. The Balaban J connectivity index is 1.44. The van der Waals surface area contributed by atoms with Crippen molar-refractivity contribution in [1.82, 2.24) is 25.5 Å². The van der Waals surface area contributed by atoms with Gasteiger partial charge in [-0.3, -0.25) is 0 Å². The molecule has 0 aliphatic carbocycles. The fraction of sp³-hybridized carbons (Fsp3) is 0.588. The van der Waals surface area contributed by atoms with Crippen LogP contribution >= 0.6 is 0 Å². The quantitative estimate of drug-likeness (QED) is 0.938. The SMILES string of the molecule is c1ccc(-n2nnnc2N2CCC(C3CCNCC3)CC2)cc1. The number of para-hydroxylation sites is 1. The van der Waals surface area contributed by atoms with Crippen LogP contribution in [-0.2, 0) is 0 Å². The third-order valence-corrected chi connectivity index (χ3v) is 5.33. The molecule has 2 fully saturated rings. The number of hydrogen-bond donors (Lipinski definition) is 1. The summed E-state index contributed by atoms with van der Waals surface area (Å²) in [7, 11) is 0. The highest BCUT2D eigenvalue weighted by Crippen LogP contribution is 2.32. The number of anilines is 1. The lowest BCUT2D eigenvalue weighted by Gasteiger charge is -2.37. The number of benzene rings is 1. The Morgan fingerprint density at radius 1 is 0.913 bits per heavy atom. The number of aromatic nitrogens is 4. The number of piperidine rings is 2. The summed E-state index contributed by atoms with van der Waals surface area (Å²) in [5.74, 6) is 2.65. The molecular weight excluding hydrogens is 288 g/mol. The van der Waals surface area contributed by atoms with E-state index in [0.717, 1.165) is 36.6 Å². The second-order valence-electron chi connectivity index (χ2n) is 6.64. The molecule has 2 aliphatic rings. The summed E-state index contributed by atoms with van der Waals surface area (Å²) >= 11 is 0. The minimum absolute atomic E-state index is 0.870. The molecule has 0 amide bonds. The molecule has 6 heteroatoms. The summed E-state index contributed by atoms with van der Waals surface area (Å²) in [6.07, 6.45) is 5.19. The van der Waals surface area contributed by atoms with E-state index in [9.17, 15) is 0 Å². The fourth-order valence-electron chi connectivity index (χ4n) is 4.00. The Morgan fingerprint density at radius 3 is 2.35 bits per heavy atom. The van der Waals surface area contributed by atoms with Crippen LogP contribution in [0.2, 0.25) is 0 Å². The van der Waals surface area contributed by atoms with Gasteiger partial charge in [-0.05, 0) is 73.2 Å². The van der Waals surface area contributed by atoms with E-state index in [1.54, 1.807) is 0 Å². The van der Waals surface area contributed by atoms with Crippen molar-refractivity contribution in [2.45, 2.75) is 25.7 Å². The second kappa shape index (κ2) is 6.66. The molecule has 0 spiro atoms. The van der Waals surface area contributed by atoms with Gasteiger partial charge < -0.3 is 10.2 Å². The van der Waals surface area contributed by atoms with E-state index >= 15 is 0 Å². The molecular formula is C17H24N6. The van der Waals surface area contributed by atoms with Crippen molar-refractivity contribution in [2.24, 2.45) is 11.8 Å². The molecule has 1 aromatic carbocycles. The molecule has 23 heavy (non-hydrogen) atoms. The van der Waals surface area contributed by atoms with E-state index in [1.165, 1.54) is 38.8 Å². The van der Waals surface area contributed by atoms with Crippen LogP contribution < -0.4 is 10.2 Å². The van der Waals surface area contributed by atoms with E-state index in [4.69, 9.17) is 0 Å². The maximum atomic E-state index is 4.27. The van der Waals surface area contributed by atoms with Gasteiger partial charge in [0, 0.05) is 13.1 Å². The first-order valence-electron chi connectivity index (χ1n) is 8.71. The van der Waals surface area contributed by atoms with Crippen LogP contribution in [0.3, 0.4) is 0 Å².